The first-order chi connectivity index (χ1) is 8.84. The lowest BCUT2D eigenvalue weighted by atomic mass is 10.1. The zero-order valence-electron chi connectivity index (χ0n) is 11.2. The summed E-state index contributed by atoms with van der Waals surface area (Å²) in [6.07, 6.45) is 5.15. The summed E-state index contributed by atoms with van der Waals surface area (Å²) in [4.78, 5) is 14.0. The summed E-state index contributed by atoms with van der Waals surface area (Å²) in [6.45, 7) is 7.04. The number of piperidine rings is 1. The van der Waals surface area contributed by atoms with Crippen LogP contribution in [0, 0.1) is 5.92 Å². The minimum Gasteiger partial charge on any atom is -0.338 e. The van der Waals surface area contributed by atoms with Crippen molar-refractivity contribution < 1.29 is 4.79 Å². The number of urea groups is 1. The zero-order chi connectivity index (χ0) is 12.6. The highest BCUT2D eigenvalue weighted by atomic mass is 16.2. The lowest BCUT2D eigenvalue weighted by molar-refractivity contribution is 0.220. The molecular weight excluding hydrogens is 228 g/mol. The quantitative estimate of drug-likeness (QED) is 0.665. The third-order valence-corrected chi connectivity index (χ3v) is 3.88. The van der Waals surface area contributed by atoms with Gasteiger partial charge in [-0.25, -0.2) is 4.79 Å². The molecule has 0 aromatic carbocycles. The van der Waals surface area contributed by atoms with E-state index in [-0.39, 0.29) is 6.03 Å². The van der Waals surface area contributed by atoms with E-state index < -0.39 is 0 Å². The summed E-state index contributed by atoms with van der Waals surface area (Å²) in [5.41, 5.74) is 0. The molecule has 104 valence electrons. The summed E-state index contributed by atoms with van der Waals surface area (Å²) in [5, 5.41) is 9.20. The van der Waals surface area contributed by atoms with Crippen molar-refractivity contribution >= 4 is 6.03 Å². The molecular formula is C13H26N4O. The van der Waals surface area contributed by atoms with Crippen LogP contribution in [0.3, 0.4) is 0 Å². The first-order valence-corrected chi connectivity index (χ1v) is 7.29. The molecule has 0 aliphatic carbocycles. The van der Waals surface area contributed by atoms with E-state index in [1.165, 1.54) is 38.8 Å². The van der Waals surface area contributed by atoms with Crippen molar-refractivity contribution in [2.75, 3.05) is 45.8 Å². The Morgan fingerprint density at radius 1 is 1.22 bits per heavy atom. The Morgan fingerprint density at radius 3 is 2.78 bits per heavy atom. The van der Waals surface area contributed by atoms with Crippen molar-refractivity contribution in [2.24, 2.45) is 5.92 Å². The molecule has 5 nitrogen and oxygen atoms in total. The molecule has 2 aliphatic rings. The first kappa shape index (κ1) is 13.6. The molecule has 0 saturated carbocycles. The highest BCUT2D eigenvalue weighted by Crippen LogP contribution is 2.07. The number of carbonyl (C=O) groups is 1. The monoisotopic (exact) mass is 254 g/mol. The van der Waals surface area contributed by atoms with E-state index >= 15 is 0 Å². The van der Waals surface area contributed by atoms with Crippen LogP contribution in [0.4, 0.5) is 4.79 Å². The van der Waals surface area contributed by atoms with Crippen LogP contribution in [0.1, 0.15) is 25.7 Å². The van der Waals surface area contributed by atoms with Crippen molar-refractivity contribution in [3.05, 3.63) is 0 Å². The molecule has 18 heavy (non-hydrogen) atoms. The van der Waals surface area contributed by atoms with E-state index in [1.807, 2.05) is 0 Å². The molecule has 5 heteroatoms. The Hall–Kier alpha value is -0.810. The fourth-order valence-electron chi connectivity index (χ4n) is 2.70. The van der Waals surface area contributed by atoms with Crippen LogP contribution in [-0.2, 0) is 0 Å². The number of carbonyl (C=O) groups excluding carboxylic acids is 1. The summed E-state index contributed by atoms with van der Waals surface area (Å²) in [6, 6.07) is -0.0149. The third-order valence-electron chi connectivity index (χ3n) is 3.88. The van der Waals surface area contributed by atoms with Gasteiger partial charge >= 0.3 is 6.03 Å². The van der Waals surface area contributed by atoms with E-state index in [2.05, 4.69) is 20.9 Å². The second-order valence-corrected chi connectivity index (χ2v) is 5.40. The molecule has 2 amide bonds. The van der Waals surface area contributed by atoms with E-state index in [9.17, 15) is 4.79 Å². The van der Waals surface area contributed by atoms with E-state index in [4.69, 9.17) is 0 Å². The average Bonchev–Trinajstić information content (AvgIpc) is 2.91. The van der Waals surface area contributed by atoms with Crippen LogP contribution < -0.4 is 16.0 Å². The van der Waals surface area contributed by atoms with Gasteiger partial charge in [-0.1, -0.05) is 6.42 Å². The average molecular weight is 254 g/mol. The van der Waals surface area contributed by atoms with Gasteiger partial charge in [-0.15, -0.1) is 0 Å². The molecule has 0 radical (unpaired) electrons. The molecule has 1 atom stereocenters. The fraction of sp³-hybridized carbons (Fsp3) is 0.923. The molecule has 3 N–H and O–H groups in total. The van der Waals surface area contributed by atoms with Gasteiger partial charge in [-0.3, -0.25) is 0 Å². The number of hydrogen-bond acceptors (Lipinski definition) is 3. The standard InChI is InChI=1S/C13H26N4O/c18-13(16-11-12-4-5-14-10-12)15-6-9-17-7-2-1-3-8-17/h12,14H,1-11H2,(H2,15,16,18). The Labute approximate surface area is 110 Å². The Bertz CT molecular complexity index is 247. The smallest absolute Gasteiger partial charge is 0.314 e. The highest BCUT2D eigenvalue weighted by Gasteiger charge is 2.15. The molecule has 0 bridgehead atoms. The number of hydrogen-bond donors (Lipinski definition) is 3. The van der Waals surface area contributed by atoms with E-state index in [0.29, 0.717) is 5.92 Å². The Kier molecular flexibility index (Phi) is 5.74. The topological polar surface area (TPSA) is 56.4 Å². The van der Waals surface area contributed by atoms with Gasteiger partial charge in [0, 0.05) is 19.6 Å². The van der Waals surface area contributed by atoms with Crippen LogP contribution in [0.15, 0.2) is 0 Å². The van der Waals surface area contributed by atoms with Gasteiger partial charge in [0.25, 0.3) is 0 Å². The summed E-state index contributed by atoms with van der Waals surface area (Å²) in [5.74, 6) is 0.609. The van der Waals surface area contributed by atoms with Gasteiger partial charge in [0.2, 0.25) is 0 Å². The van der Waals surface area contributed by atoms with Gasteiger partial charge in [0.05, 0.1) is 0 Å². The third kappa shape index (κ3) is 4.82. The SMILES string of the molecule is O=C(NCCN1CCCCC1)NCC1CCNC1. The maximum Gasteiger partial charge on any atom is 0.314 e. The number of nitrogens with zero attached hydrogens (tertiary/aromatic N) is 1. The molecule has 2 heterocycles. The molecule has 0 spiro atoms. The number of rotatable bonds is 5. The molecule has 0 aromatic rings. The fourth-order valence-corrected chi connectivity index (χ4v) is 2.70. The zero-order valence-corrected chi connectivity index (χ0v) is 11.2. The molecule has 1 unspecified atom stereocenters. The second-order valence-electron chi connectivity index (χ2n) is 5.40. The number of likely N-dealkylation sites (tertiary alicyclic amines) is 1. The van der Waals surface area contributed by atoms with Crippen molar-refractivity contribution in [3.8, 4) is 0 Å². The van der Waals surface area contributed by atoms with Crippen LogP contribution in [-0.4, -0.2) is 56.7 Å². The van der Waals surface area contributed by atoms with Crippen LogP contribution in [0.25, 0.3) is 0 Å². The van der Waals surface area contributed by atoms with E-state index in [0.717, 1.165) is 32.7 Å². The normalized spacial score (nSPS) is 25.0. The molecule has 2 saturated heterocycles. The van der Waals surface area contributed by atoms with Gasteiger partial charge in [0.15, 0.2) is 0 Å². The molecule has 2 rings (SSSR count). The van der Waals surface area contributed by atoms with Crippen molar-refractivity contribution in [1.29, 1.82) is 0 Å². The van der Waals surface area contributed by atoms with Crippen LogP contribution in [0.2, 0.25) is 0 Å². The summed E-state index contributed by atoms with van der Waals surface area (Å²) < 4.78 is 0. The van der Waals surface area contributed by atoms with Gasteiger partial charge in [-0.2, -0.15) is 0 Å². The first-order valence-electron chi connectivity index (χ1n) is 7.29. The lowest BCUT2D eigenvalue weighted by Crippen LogP contribution is -2.43. The largest absolute Gasteiger partial charge is 0.338 e. The van der Waals surface area contributed by atoms with Crippen molar-refractivity contribution in [1.82, 2.24) is 20.9 Å². The Morgan fingerprint density at radius 2 is 2.06 bits per heavy atom. The second kappa shape index (κ2) is 7.59. The summed E-state index contributed by atoms with van der Waals surface area (Å²) in [7, 11) is 0. The minimum atomic E-state index is -0.0149. The predicted octanol–water partition coefficient (Wildman–Crippen LogP) is 0.381. The van der Waals surface area contributed by atoms with Crippen molar-refractivity contribution in [2.45, 2.75) is 25.7 Å². The highest BCUT2D eigenvalue weighted by molar-refractivity contribution is 5.73. The van der Waals surface area contributed by atoms with Gasteiger partial charge in [0.1, 0.15) is 0 Å². The number of amides is 2. The molecule has 2 fully saturated rings. The van der Waals surface area contributed by atoms with E-state index in [1.54, 1.807) is 0 Å². The predicted molar refractivity (Wildman–Crippen MR) is 72.7 cm³/mol. The summed E-state index contributed by atoms with van der Waals surface area (Å²) >= 11 is 0. The minimum absolute atomic E-state index is 0.0149. The van der Waals surface area contributed by atoms with Gasteiger partial charge < -0.3 is 20.9 Å². The van der Waals surface area contributed by atoms with Crippen LogP contribution >= 0.6 is 0 Å². The van der Waals surface area contributed by atoms with Gasteiger partial charge in [-0.05, 0) is 51.4 Å². The maximum atomic E-state index is 11.6. The lowest BCUT2D eigenvalue weighted by Gasteiger charge is -2.26. The number of nitrogens with one attached hydrogen (secondary N) is 3. The molecule has 0 aromatic heterocycles. The van der Waals surface area contributed by atoms with Crippen molar-refractivity contribution in [3.63, 3.8) is 0 Å². The van der Waals surface area contributed by atoms with Crippen LogP contribution in [0.5, 0.6) is 0 Å². The Balaban J connectivity index is 1.48. The molecule has 2 aliphatic heterocycles. The maximum absolute atomic E-state index is 11.6.